The molecule has 0 rings (SSSR count). The van der Waals surface area contributed by atoms with Crippen LogP contribution in [0.1, 0.15) is 41.0 Å². The molecule has 17 heavy (non-hydrogen) atoms. The predicted molar refractivity (Wildman–Crippen MR) is 72.8 cm³/mol. The highest BCUT2D eigenvalue weighted by molar-refractivity contribution is 5.76. The van der Waals surface area contributed by atoms with E-state index in [9.17, 15) is 4.79 Å². The van der Waals surface area contributed by atoms with Crippen molar-refractivity contribution < 1.29 is 4.79 Å². The first-order valence-corrected chi connectivity index (χ1v) is 6.64. The highest BCUT2D eigenvalue weighted by atomic mass is 16.1. The third kappa shape index (κ3) is 6.64. The van der Waals surface area contributed by atoms with Gasteiger partial charge in [-0.05, 0) is 26.7 Å². The van der Waals surface area contributed by atoms with Gasteiger partial charge in [0.25, 0.3) is 0 Å². The van der Waals surface area contributed by atoms with Gasteiger partial charge in [-0.3, -0.25) is 9.69 Å². The molecule has 3 N–H and O–H groups in total. The van der Waals surface area contributed by atoms with Crippen LogP contribution in [-0.2, 0) is 4.79 Å². The zero-order chi connectivity index (χ0) is 13.4. The van der Waals surface area contributed by atoms with E-state index in [0.29, 0.717) is 31.5 Å². The van der Waals surface area contributed by atoms with Crippen molar-refractivity contribution in [3.05, 3.63) is 0 Å². The van der Waals surface area contributed by atoms with Gasteiger partial charge < -0.3 is 11.1 Å². The summed E-state index contributed by atoms with van der Waals surface area (Å²) in [7, 11) is 0. The van der Waals surface area contributed by atoms with Crippen molar-refractivity contribution >= 4 is 5.91 Å². The van der Waals surface area contributed by atoms with Crippen LogP contribution in [0.4, 0.5) is 0 Å². The molecule has 4 nitrogen and oxygen atoms in total. The fourth-order valence-electron chi connectivity index (χ4n) is 2.02. The molecule has 0 aliphatic heterocycles. The molecule has 0 saturated carbocycles. The van der Waals surface area contributed by atoms with Crippen LogP contribution < -0.4 is 11.1 Å². The number of rotatable bonds is 8. The quantitative estimate of drug-likeness (QED) is 0.673. The maximum Gasteiger partial charge on any atom is 0.221 e. The zero-order valence-electron chi connectivity index (χ0n) is 12.0. The second-order valence-electron chi connectivity index (χ2n) is 5.23. The topological polar surface area (TPSA) is 58.4 Å². The summed E-state index contributed by atoms with van der Waals surface area (Å²) in [4.78, 5) is 14.0. The van der Waals surface area contributed by atoms with E-state index in [2.05, 4.69) is 37.9 Å². The molecule has 0 saturated heterocycles. The lowest BCUT2D eigenvalue weighted by Crippen LogP contribution is -2.48. The minimum Gasteiger partial charge on any atom is -0.356 e. The Morgan fingerprint density at radius 2 is 1.88 bits per heavy atom. The molecular weight excluding hydrogens is 214 g/mol. The summed E-state index contributed by atoms with van der Waals surface area (Å²) in [5.74, 6) is 0.679. The monoisotopic (exact) mass is 243 g/mol. The van der Waals surface area contributed by atoms with Gasteiger partial charge in [0.15, 0.2) is 0 Å². The van der Waals surface area contributed by atoms with E-state index in [0.717, 1.165) is 6.54 Å². The lowest BCUT2D eigenvalue weighted by molar-refractivity contribution is -0.122. The summed E-state index contributed by atoms with van der Waals surface area (Å²) >= 11 is 0. The summed E-state index contributed by atoms with van der Waals surface area (Å²) in [6.07, 6.45) is 0.495. The molecule has 0 heterocycles. The van der Waals surface area contributed by atoms with E-state index in [4.69, 9.17) is 5.73 Å². The fourth-order valence-corrected chi connectivity index (χ4v) is 2.02. The minimum atomic E-state index is 0.0948. The van der Waals surface area contributed by atoms with Gasteiger partial charge in [-0.2, -0.15) is 0 Å². The Bertz CT molecular complexity index is 217. The van der Waals surface area contributed by atoms with Crippen molar-refractivity contribution in [1.82, 2.24) is 10.2 Å². The Kier molecular flexibility index (Phi) is 8.17. The van der Waals surface area contributed by atoms with E-state index < -0.39 is 0 Å². The van der Waals surface area contributed by atoms with Crippen LogP contribution >= 0.6 is 0 Å². The van der Waals surface area contributed by atoms with Gasteiger partial charge in [0.2, 0.25) is 5.91 Å². The van der Waals surface area contributed by atoms with Crippen LogP contribution in [0.15, 0.2) is 0 Å². The smallest absolute Gasteiger partial charge is 0.221 e. The van der Waals surface area contributed by atoms with E-state index in [1.54, 1.807) is 0 Å². The Hall–Kier alpha value is -0.610. The molecule has 0 aromatic carbocycles. The van der Waals surface area contributed by atoms with Gasteiger partial charge in [0, 0.05) is 38.1 Å². The first kappa shape index (κ1) is 16.4. The summed E-state index contributed by atoms with van der Waals surface area (Å²) < 4.78 is 0. The Morgan fingerprint density at radius 3 is 2.24 bits per heavy atom. The van der Waals surface area contributed by atoms with Crippen LogP contribution in [0.5, 0.6) is 0 Å². The summed E-state index contributed by atoms with van der Waals surface area (Å²) in [5.41, 5.74) is 5.81. The van der Waals surface area contributed by atoms with Crippen LogP contribution in [0.3, 0.4) is 0 Å². The van der Waals surface area contributed by atoms with Crippen molar-refractivity contribution in [2.45, 2.75) is 53.1 Å². The number of hydrogen-bond acceptors (Lipinski definition) is 3. The number of nitrogens with two attached hydrogens (primary N) is 1. The van der Waals surface area contributed by atoms with Crippen LogP contribution in [0.2, 0.25) is 0 Å². The number of nitrogens with one attached hydrogen (secondary N) is 1. The second-order valence-corrected chi connectivity index (χ2v) is 5.23. The van der Waals surface area contributed by atoms with E-state index in [1.165, 1.54) is 0 Å². The number of amides is 1. The van der Waals surface area contributed by atoms with Crippen molar-refractivity contribution in [3.63, 3.8) is 0 Å². The number of carbonyl (C=O) groups excluding carboxylic acids is 1. The third-order valence-electron chi connectivity index (χ3n) is 2.78. The lowest BCUT2D eigenvalue weighted by Gasteiger charge is -2.35. The SMILES string of the molecule is CCNC(=O)CC(CN)N(CC(C)C)C(C)C. The molecule has 1 unspecified atom stereocenters. The van der Waals surface area contributed by atoms with Crippen molar-refractivity contribution in [2.24, 2.45) is 11.7 Å². The van der Waals surface area contributed by atoms with Crippen LogP contribution in [0.25, 0.3) is 0 Å². The molecule has 0 aliphatic carbocycles. The average molecular weight is 243 g/mol. The Labute approximate surface area is 106 Å². The predicted octanol–water partition coefficient (Wildman–Crippen LogP) is 1.21. The van der Waals surface area contributed by atoms with Crippen molar-refractivity contribution in [3.8, 4) is 0 Å². The van der Waals surface area contributed by atoms with Crippen molar-refractivity contribution in [1.29, 1.82) is 0 Å². The number of carbonyl (C=O) groups is 1. The van der Waals surface area contributed by atoms with Gasteiger partial charge >= 0.3 is 0 Å². The van der Waals surface area contributed by atoms with Gasteiger partial charge in [0.1, 0.15) is 0 Å². The molecule has 0 fully saturated rings. The highest BCUT2D eigenvalue weighted by Gasteiger charge is 2.22. The molecule has 0 aromatic heterocycles. The maximum absolute atomic E-state index is 11.6. The zero-order valence-corrected chi connectivity index (χ0v) is 12.0. The van der Waals surface area contributed by atoms with Gasteiger partial charge in [-0.25, -0.2) is 0 Å². The highest BCUT2D eigenvalue weighted by Crippen LogP contribution is 2.11. The van der Waals surface area contributed by atoms with Gasteiger partial charge in [0.05, 0.1) is 0 Å². The van der Waals surface area contributed by atoms with Crippen molar-refractivity contribution in [2.75, 3.05) is 19.6 Å². The summed E-state index contributed by atoms with van der Waals surface area (Å²) in [6.45, 7) is 12.8. The normalized spacial score (nSPS) is 13.5. The lowest BCUT2D eigenvalue weighted by atomic mass is 10.1. The summed E-state index contributed by atoms with van der Waals surface area (Å²) in [6, 6.07) is 0.560. The molecule has 4 heteroatoms. The molecule has 0 bridgehead atoms. The van der Waals surface area contributed by atoms with Crippen LogP contribution in [-0.4, -0.2) is 42.5 Å². The number of nitrogens with zero attached hydrogens (tertiary/aromatic N) is 1. The molecule has 102 valence electrons. The largest absolute Gasteiger partial charge is 0.356 e. The van der Waals surface area contributed by atoms with E-state index in [-0.39, 0.29) is 11.9 Å². The molecule has 0 aromatic rings. The molecular formula is C13H29N3O. The fraction of sp³-hybridized carbons (Fsp3) is 0.923. The van der Waals surface area contributed by atoms with E-state index in [1.807, 2.05) is 6.92 Å². The minimum absolute atomic E-state index is 0.0948. The first-order chi connectivity index (χ1) is 7.92. The van der Waals surface area contributed by atoms with Gasteiger partial charge in [-0.15, -0.1) is 0 Å². The first-order valence-electron chi connectivity index (χ1n) is 6.64. The Balaban J connectivity index is 4.49. The Morgan fingerprint density at radius 1 is 1.29 bits per heavy atom. The molecule has 0 spiro atoms. The van der Waals surface area contributed by atoms with E-state index >= 15 is 0 Å². The molecule has 1 atom stereocenters. The maximum atomic E-state index is 11.6. The second kappa shape index (κ2) is 8.48. The van der Waals surface area contributed by atoms with Crippen LogP contribution in [0, 0.1) is 5.92 Å². The molecule has 1 amide bonds. The standard InChI is InChI=1S/C13H29N3O/c1-6-15-13(17)7-12(8-14)16(11(4)5)9-10(2)3/h10-12H,6-9,14H2,1-5H3,(H,15,17). The third-order valence-corrected chi connectivity index (χ3v) is 2.78. The van der Waals surface area contributed by atoms with Gasteiger partial charge in [-0.1, -0.05) is 13.8 Å². The number of hydrogen-bond donors (Lipinski definition) is 2. The molecule has 0 radical (unpaired) electrons. The summed E-state index contributed by atoms with van der Waals surface area (Å²) in [5, 5.41) is 2.84. The average Bonchev–Trinajstić information content (AvgIpc) is 2.22. The molecule has 0 aliphatic rings.